The summed E-state index contributed by atoms with van der Waals surface area (Å²) in [6.45, 7) is 0. The van der Waals surface area contributed by atoms with Gasteiger partial charge in [-0.2, -0.15) is 0 Å². The van der Waals surface area contributed by atoms with Gasteiger partial charge >= 0.3 is 0 Å². The van der Waals surface area contributed by atoms with Gasteiger partial charge in [-0.1, -0.05) is 12.1 Å². The summed E-state index contributed by atoms with van der Waals surface area (Å²) in [4.78, 5) is 10.5. The Hall–Kier alpha value is -2.30. The number of carboxylic acids is 1. The van der Waals surface area contributed by atoms with E-state index in [2.05, 4.69) is 0 Å². The van der Waals surface area contributed by atoms with Gasteiger partial charge in [-0.15, -0.1) is 0 Å². The topological polar surface area (TPSA) is 40.1 Å². The average molecular weight is 251 g/mol. The Labute approximate surface area is 100 Å². The second-order valence-corrected chi connectivity index (χ2v) is 3.64. The standard InChI is InChI=1S/C13H7F3O2/c14-9-3-8(4-10(15)6-9)11-2-1-7(13(17)18)5-12(11)16/h1-6H,(H,17,18)/p-1. The lowest BCUT2D eigenvalue weighted by molar-refractivity contribution is -0.255. The number of carbonyl (C=O) groups is 1. The molecule has 2 rings (SSSR count). The predicted octanol–water partition coefficient (Wildman–Crippen LogP) is 2.13. The van der Waals surface area contributed by atoms with E-state index in [4.69, 9.17) is 0 Å². The molecule has 0 saturated carbocycles. The normalized spacial score (nSPS) is 10.4. The van der Waals surface area contributed by atoms with Crippen LogP contribution in [0.15, 0.2) is 36.4 Å². The van der Waals surface area contributed by atoms with Gasteiger partial charge in [0.15, 0.2) is 0 Å². The monoisotopic (exact) mass is 251 g/mol. The molecule has 0 heterocycles. The van der Waals surface area contributed by atoms with E-state index in [0.717, 1.165) is 30.3 Å². The van der Waals surface area contributed by atoms with Gasteiger partial charge in [-0.3, -0.25) is 0 Å². The highest BCUT2D eigenvalue weighted by molar-refractivity contribution is 5.86. The zero-order chi connectivity index (χ0) is 13.3. The van der Waals surface area contributed by atoms with Crippen molar-refractivity contribution in [2.24, 2.45) is 0 Å². The lowest BCUT2D eigenvalue weighted by Gasteiger charge is -2.07. The molecule has 18 heavy (non-hydrogen) atoms. The van der Waals surface area contributed by atoms with Crippen LogP contribution in [-0.4, -0.2) is 5.97 Å². The third kappa shape index (κ3) is 2.34. The van der Waals surface area contributed by atoms with E-state index in [9.17, 15) is 23.1 Å². The summed E-state index contributed by atoms with van der Waals surface area (Å²) in [5.41, 5.74) is -0.429. The fraction of sp³-hybridized carbons (Fsp3) is 0. The first-order chi connectivity index (χ1) is 8.47. The van der Waals surface area contributed by atoms with Crippen molar-refractivity contribution >= 4 is 5.97 Å². The minimum absolute atomic E-state index is 0.00472. The maximum absolute atomic E-state index is 13.6. The number of carboxylic acid groups (broad SMARTS) is 1. The smallest absolute Gasteiger partial charge is 0.131 e. The van der Waals surface area contributed by atoms with E-state index in [0.29, 0.717) is 6.07 Å². The summed E-state index contributed by atoms with van der Waals surface area (Å²) in [6, 6.07) is 5.57. The number of benzene rings is 2. The molecule has 0 aromatic heterocycles. The van der Waals surface area contributed by atoms with E-state index >= 15 is 0 Å². The Morgan fingerprint density at radius 1 is 0.944 bits per heavy atom. The van der Waals surface area contributed by atoms with Gasteiger partial charge in [0, 0.05) is 17.2 Å². The number of hydrogen-bond donors (Lipinski definition) is 0. The molecule has 0 radical (unpaired) electrons. The van der Waals surface area contributed by atoms with Gasteiger partial charge in [0.25, 0.3) is 0 Å². The van der Waals surface area contributed by atoms with E-state index in [1.54, 1.807) is 0 Å². The fourth-order valence-corrected chi connectivity index (χ4v) is 1.59. The number of hydrogen-bond acceptors (Lipinski definition) is 2. The van der Waals surface area contributed by atoms with Gasteiger partial charge in [0.1, 0.15) is 17.5 Å². The molecule has 0 fully saturated rings. The molecular weight excluding hydrogens is 245 g/mol. The van der Waals surface area contributed by atoms with Crippen LogP contribution in [0.3, 0.4) is 0 Å². The van der Waals surface area contributed by atoms with Crippen molar-refractivity contribution in [3.8, 4) is 11.1 Å². The fourth-order valence-electron chi connectivity index (χ4n) is 1.59. The molecule has 2 aromatic carbocycles. The molecule has 2 nitrogen and oxygen atoms in total. The maximum Gasteiger partial charge on any atom is 0.131 e. The second kappa shape index (κ2) is 4.52. The third-order valence-electron chi connectivity index (χ3n) is 2.38. The summed E-state index contributed by atoms with van der Waals surface area (Å²) in [5.74, 6) is -4.09. The summed E-state index contributed by atoms with van der Waals surface area (Å²) in [6.07, 6.45) is 0. The molecule has 0 aliphatic heterocycles. The first kappa shape index (κ1) is 12.2. The molecular formula is C13H6F3O2-. The van der Waals surface area contributed by atoms with Gasteiger partial charge in [-0.25, -0.2) is 13.2 Å². The van der Waals surface area contributed by atoms with Crippen molar-refractivity contribution in [3.05, 3.63) is 59.4 Å². The Morgan fingerprint density at radius 2 is 1.56 bits per heavy atom. The first-order valence-electron chi connectivity index (χ1n) is 4.95. The van der Waals surface area contributed by atoms with Crippen LogP contribution in [-0.2, 0) is 0 Å². The quantitative estimate of drug-likeness (QED) is 0.820. The van der Waals surface area contributed by atoms with Gasteiger partial charge < -0.3 is 9.90 Å². The van der Waals surface area contributed by atoms with Crippen molar-refractivity contribution < 1.29 is 23.1 Å². The van der Waals surface area contributed by atoms with Crippen molar-refractivity contribution in [2.45, 2.75) is 0 Å². The summed E-state index contributed by atoms with van der Waals surface area (Å²) in [5, 5.41) is 10.5. The molecule has 0 aliphatic rings. The molecule has 0 bridgehead atoms. The highest BCUT2D eigenvalue weighted by Crippen LogP contribution is 2.25. The Bertz CT molecular complexity index is 603. The van der Waals surface area contributed by atoms with Crippen LogP contribution < -0.4 is 5.11 Å². The van der Waals surface area contributed by atoms with Crippen molar-refractivity contribution in [1.29, 1.82) is 0 Å². The molecule has 92 valence electrons. The number of aromatic carboxylic acids is 1. The van der Waals surface area contributed by atoms with E-state index < -0.39 is 23.4 Å². The SMILES string of the molecule is O=C([O-])c1ccc(-c2cc(F)cc(F)c2)c(F)c1. The minimum Gasteiger partial charge on any atom is -0.545 e. The highest BCUT2D eigenvalue weighted by Gasteiger charge is 2.09. The number of carbonyl (C=O) groups excluding carboxylic acids is 1. The molecule has 0 N–H and O–H groups in total. The van der Waals surface area contributed by atoms with Crippen molar-refractivity contribution in [1.82, 2.24) is 0 Å². The van der Waals surface area contributed by atoms with Crippen molar-refractivity contribution in [3.63, 3.8) is 0 Å². The van der Waals surface area contributed by atoms with Crippen molar-refractivity contribution in [2.75, 3.05) is 0 Å². The molecule has 0 atom stereocenters. The largest absolute Gasteiger partial charge is 0.545 e. The number of rotatable bonds is 2. The third-order valence-corrected chi connectivity index (χ3v) is 2.38. The van der Waals surface area contributed by atoms with E-state index in [-0.39, 0.29) is 16.7 Å². The Morgan fingerprint density at radius 3 is 2.06 bits per heavy atom. The number of halogens is 3. The minimum atomic E-state index is -1.52. The molecule has 0 spiro atoms. The Balaban J connectivity index is 2.54. The highest BCUT2D eigenvalue weighted by atomic mass is 19.1. The maximum atomic E-state index is 13.6. The molecule has 0 aliphatic carbocycles. The zero-order valence-electron chi connectivity index (χ0n) is 8.91. The summed E-state index contributed by atoms with van der Waals surface area (Å²) < 4.78 is 39.6. The van der Waals surface area contributed by atoms with Gasteiger partial charge in [-0.05, 0) is 23.8 Å². The lowest BCUT2D eigenvalue weighted by Crippen LogP contribution is -2.22. The molecule has 5 heteroatoms. The van der Waals surface area contributed by atoms with Crippen LogP contribution in [0.1, 0.15) is 10.4 Å². The van der Waals surface area contributed by atoms with Crippen LogP contribution >= 0.6 is 0 Å². The van der Waals surface area contributed by atoms with Gasteiger partial charge in [0.05, 0.1) is 5.97 Å². The van der Waals surface area contributed by atoms with Crippen LogP contribution in [0.2, 0.25) is 0 Å². The molecule has 0 amide bonds. The summed E-state index contributed by atoms with van der Waals surface area (Å²) >= 11 is 0. The molecule has 0 unspecified atom stereocenters. The van der Waals surface area contributed by atoms with Crippen LogP contribution in [0.5, 0.6) is 0 Å². The van der Waals surface area contributed by atoms with E-state index in [1.807, 2.05) is 0 Å². The average Bonchev–Trinajstić information content (AvgIpc) is 2.27. The van der Waals surface area contributed by atoms with Crippen LogP contribution in [0.25, 0.3) is 11.1 Å². The van der Waals surface area contributed by atoms with Gasteiger partial charge in [0.2, 0.25) is 0 Å². The Kier molecular flexibility index (Phi) is 3.06. The molecule has 0 saturated heterocycles. The van der Waals surface area contributed by atoms with Crippen LogP contribution in [0, 0.1) is 17.5 Å². The van der Waals surface area contributed by atoms with E-state index in [1.165, 1.54) is 0 Å². The molecule has 2 aromatic rings. The first-order valence-corrected chi connectivity index (χ1v) is 4.95. The van der Waals surface area contributed by atoms with Crippen LogP contribution in [0.4, 0.5) is 13.2 Å². The zero-order valence-corrected chi connectivity index (χ0v) is 8.91. The lowest BCUT2D eigenvalue weighted by atomic mass is 10.0. The second-order valence-electron chi connectivity index (χ2n) is 3.64. The summed E-state index contributed by atoms with van der Waals surface area (Å²) in [7, 11) is 0. The predicted molar refractivity (Wildman–Crippen MR) is 56.1 cm³/mol.